The minimum Gasteiger partial charge on any atom is -0.540 e. The van der Waals surface area contributed by atoms with Gasteiger partial charge in [0.25, 0.3) is 0 Å². The van der Waals surface area contributed by atoms with E-state index in [1.54, 1.807) is 20.8 Å². The maximum Gasteiger partial charge on any atom is 0.109 e. The molecule has 2 fully saturated rings. The molecule has 0 N–H and O–H groups in total. The van der Waals surface area contributed by atoms with E-state index >= 15 is 0 Å². The van der Waals surface area contributed by atoms with Crippen molar-refractivity contribution >= 4 is 0 Å². The standard InChI is InChI=1S/C8H13O4.U/c1-9-4-8-5-11-6(3-12-8)7(8)10-2;/h3,6-7H,4-5H2,1-2H3;/q-1;/t6?,7?,8-;/m0./s1. The molecule has 13 heavy (non-hydrogen) atoms. The number of rotatable bonds is 3. The monoisotopic (exact) mass is 411 g/mol. The van der Waals surface area contributed by atoms with Crippen LogP contribution in [0.4, 0.5) is 0 Å². The summed E-state index contributed by atoms with van der Waals surface area (Å²) < 4.78 is 21.3. The van der Waals surface area contributed by atoms with Gasteiger partial charge < -0.3 is 18.9 Å². The summed E-state index contributed by atoms with van der Waals surface area (Å²) in [4.78, 5) is 0. The van der Waals surface area contributed by atoms with Gasteiger partial charge in [0, 0.05) is 45.3 Å². The number of fused-ring (bicyclic) bond motifs is 2. The van der Waals surface area contributed by atoms with Crippen LogP contribution in [0.1, 0.15) is 0 Å². The molecule has 2 unspecified atom stereocenters. The molecule has 0 aliphatic carbocycles. The summed E-state index contributed by atoms with van der Waals surface area (Å²) in [5.41, 5.74) is -0.395. The number of methoxy groups -OCH3 is 2. The molecule has 2 heterocycles. The fraction of sp³-hybridized carbons (Fsp3) is 0.875. The van der Waals surface area contributed by atoms with Crippen molar-refractivity contribution in [1.29, 1.82) is 0 Å². The molecule has 4 nitrogen and oxygen atoms in total. The van der Waals surface area contributed by atoms with E-state index < -0.39 is 5.60 Å². The van der Waals surface area contributed by atoms with Crippen molar-refractivity contribution in [2.24, 2.45) is 0 Å². The number of ether oxygens (including phenoxy) is 4. The minimum absolute atomic E-state index is 0. The van der Waals surface area contributed by atoms with Crippen molar-refractivity contribution in [2.75, 3.05) is 27.4 Å². The molecule has 0 aromatic heterocycles. The summed E-state index contributed by atoms with van der Waals surface area (Å²) in [5.74, 6) is 0. The molecule has 0 radical (unpaired) electrons. The molecule has 2 aliphatic rings. The van der Waals surface area contributed by atoms with Gasteiger partial charge in [-0.15, -0.1) is 0 Å². The summed E-state index contributed by atoms with van der Waals surface area (Å²) >= 11 is 0. The van der Waals surface area contributed by atoms with E-state index in [4.69, 9.17) is 18.9 Å². The Hall–Kier alpha value is 0.892. The molecule has 5 heteroatoms. The maximum absolute atomic E-state index is 5.48. The van der Waals surface area contributed by atoms with Crippen molar-refractivity contribution in [2.45, 2.75) is 17.8 Å². The van der Waals surface area contributed by atoms with Gasteiger partial charge in [0.15, 0.2) is 0 Å². The van der Waals surface area contributed by atoms with Crippen molar-refractivity contribution in [1.82, 2.24) is 0 Å². The average Bonchev–Trinajstić information content (AvgIpc) is 2.58. The molecule has 3 atom stereocenters. The summed E-state index contributed by atoms with van der Waals surface area (Å²) in [6, 6.07) is 0. The Morgan fingerprint density at radius 2 is 2.31 bits per heavy atom. The van der Waals surface area contributed by atoms with Gasteiger partial charge in [0.05, 0.1) is 19.3 Å². The summed E-state index contributed by atoms with van der Waals surface area (Å²) in [6.07, 6.45) is -0.0393. The number of hydrogen-bond acceptors (Lipinski definition) is 4. The van der Waals surface area contributed by atoms with Crippen LogP contribution < -0.4 is 0 Å². The summed E-state index contributed by atoms with van der Waals surface area (Å²) in [5, 5.41) is 0. The molecule has 0 spiro atoms. The molecular weight excluding hydrogens is 398 g/mol. The van der Waals surface area contributed by atoms with E-state index in [0.717, 1.165) is 0 Å². The van der Waals surface area contributed by atoms with Gasteiger partial charge in [-0.1, -0.05) is 0 Å². The van der Waals surface area contributed by atoms with Crippen LogP contribution >= 0.6 is 0 Å². The van der Waals surface area contributed by atoms with Crippen LogP contribution in [-0.4, -0.2) is 45.2 Å². The van der Waals surface area contributed by atoms with Crippen LogP contribution in [-0.2, 0) is 18.9 Å². The van der Waals surface area contributed by atoms with Crippen LogP contribution in [0.3, 0.4) is 0 Å². The zero-order valence-electron chi connectivity index (χ0n) is 7.78. The van der Waals surface area contributed by atoms with Crippen LogP contribution in [0.5, 0.6) is 0 Å². The molecule has 2 bridgehead atoms. The zero-order valence-corrected chi connectivity index (χ0v) is 11.9. The predicted molar refractivity (Wildman–Crippen MR) is 40.5 cm³/mol. The van der Waals surface area contributed by atoms with E-state index in [9.17, 15) is 0 Å². The van der Waals surface area contributed by atoms with Crippen LogP contribution in [0.2, 0.25) is 0 Å². The first-order chi connectivity index (χ1) is 5.82. The minimum atomic E-state index is -0.395. The fourth-order valence-corrected chi connectivity index (χ4v) is 1.87. The predicted octanol–water partition coefficient (Wildman–Crippen LogP) is -0.0226. The first kappa shape index (κ1) is 12.0. The first-order valence-electron chi connectivity index (χ1n) is 3.97. The van der Waals surface area contributed by atoms with E-state index in [1.165, 1.54) is 0 Å². The second kappa shape index (κ2) is 4.61. The maximum atomic E-state index is 5.48. The molecule has 2 rings (SSSR count). The van der Waals surface area contributed by atoms with Crippen LogP contribution in [0.15, 0.2) is 0 Å². The van der Waals surface area contributed by atoms with Gasteiger partial charge in [-0.2, -0.15) is 6.61 Å². The molecule has 0 amide bonds. The Balaban J connectivity index is 0.000000845. The molecule has 74 valence electrons. The normalized spacial score (nSPS) is 42.0. The van der Waals surface area contributed by atoms with Gasteiger partial charge in [0.2, 0.25) is 0 Å². The quantitative estimate of drug-likeness (QED) is 0.612. The van der Waals surface area contributed by atoms with E-state index in [2.05, 4.69) is 0 Å². The van der Waals surface area contributed by atoms with Gasteiger partial charge in [0.1, 0.15) is 5.60 Å². The Kier molecular flexibility index (Phi) is 4.24. The smallest absolute Gasteiger partial charge is 0.109 e. The average molecular weight is 411 g/mol. The van der Waals surface area contributed by atoms with Crippen LogP contribution in [0.25, 0.3) is 0 Å². The zero-order chi connectivity index (χ0) is 8.60. The van der Waals surface area contributed by atoms with Gasteiger partial charge in [-0.25, -0.2) is 0 Å². The Morgan fingerprint density at radius 1 is 1.54 bits per heavy atom. The molecular formula is C8H13O4U-. The van der Waals surface area contributed by atoms with Crippen molar-refractivity contribution in [3.8, 4) is 0 Å². The first-order valence-corrected chi connectivity index (χ1v) is 3.97. The van der Waals surface area contributed by atoms with Crippen molar-refractivity contribution < 1.29 is 50.1 Å². The molecule has 0 saturated carbocycles. The third kappa shape index (κ3) is 1.83. The topological polar surface area (TPSA) is 36.9 Å². The second-order valence-corrected chi connectivity index (χ2v) is 3.18. The van der Waals surface area contributed by atoms with E-state index in [0.29, 0.717) is 13.2 Å². The largest absolute Gasteiger partial charge is 0.540 e. The van der Waals surface area contributed by atoms with E-state index in [-0.39, 0.29) is 43.3 Å². The van der Waals surface area contributed by atoms with Gasteiger partial charge >= 0.3 is 0 Å². The van der Waals surface area contributed by atoms with Crippen molar-refractivity contribution in [3.63, 3.8) is 0 Å². The van der Waals surface area contributed by atoms with Crippen molar-refractivity contribution in [3.05, 3.63) is 6.61 Å². The Labute approximate surface area is 102 Å². The van der Waals surface area contributed by atoms with Crippen LogP contribution in [0, 0.1) is 37.7 Å². The Bertz CT molecular complexity index is 168. The van der Waals surface area contributed by atoms with E-state index in [1.807, 2.05) is 0 Å². The molecule has 0 aromatic rings. The Morgan fingerprint density at radius 3 is 2.77 bits per heavy atom. The number of hydrogen-bond donors (Lipinski definition) is 0. The second-order valence-electron chi connectivity index (χ2n) is 3.18. The van der Waals surface area contributed by atoms with Gasteiger partial charge in [-0.3, -0.25) is 0 Å². The summed E-state index contributed by atoms with van der Waals surface area (Å²) in [6.45, 7) is 2.76. The third-order valence-corrected chi connectivity index (χ3v) is 2.42. The third-order valence-electron chi connectivity index (χ3n) is 2.42. The molecule has 0 aromatic carbocycles. The summed E-state index contributed by atoms with van der Waals surface area (Å²) in [7, 11) is 3.32. The fourth-order valence-electron chi connectivity index (χ4n) is 1.87. The molecule has 2 saturated heterocycles. The molecule has 2 aliphatic heterocycles. The van der Waals surface area contributed by atoms with Gasteiger partial charge in [-0.05, 0) is 6.10 Å². The SMILES string of the molecule is COC[C@@]12COC([CH-]O1)C2OC.[U].